The second-order valence-electron chi connectivity index (χ2n) is 8.72. The van der Waals surface area contributed by atoms with Crippen LogP contribution in [0.25, 0.3) is 0 Å². The Bertz CT molecular complexity index is 1540. The van der Waals surface area contributed by atoms with Crippen molar-refractivity contribution in [1.29, 1.82) is 0 Å². The maximum absolute atomic E-state index is 12.4. The number of rotatable bonds is 4. The highest BCUT2D eigenvalue weighted by atomic mass is 32.2. The molecule has 0 aliphatic heterocycles. The molecule has 0 amide bonds. The number of hydrogen-bond acceptors (Lipinski definition) is 5. The molecule has 0 bridgehead atoms. The number of hydrogen-bond donors (Lipinski definition) is 0. The van der Waals surface area contributed by atoms with E-state index >= 15 is 0 Å². The molecule has 6 heteroatoms. The van der Waals surface area contributed by atoms with E-state index in [0.717, 1.165) is 17.5 Å². The van der Waals surface area contributed by atoms with Crippen molar-refractivity contribution in [3.05, 3.63) is 119 Å². The summed E-state index contributed by atoms with van der Waals surface area (Å²) in [5.74, 6) is 0.384. The summed E-state index contributed by atoms with van der Waals surface area (Å²) in [6.45, 7) is 0. The smallest absolute Gasteiger partial charge is 0.206 e. The number of carbonyl (C=O) groups excluding carboxylic acids is 2. The maximum Gasteiger partial charge on any atom is 0.206 e. The molecule has 0 unspecified atom stereocenters. The number of benzene rings is 4. The number of aryl methyl sites for hydroxylation is 2. The Morgan fingerprint density at radius 1 is 0.528 bits per heavy atom. The van der Waals surface area contributed by atoms with E-state index in [0.29, 0.717) is 24.8 Å². The minimum atomic E-state index is -3.49. The third kappa shape index (κ3) is 5.06. The fourth-order valence-electron chi connectivity index (χ4n) is 4.45. The van der Waals surface area contributed by atoms with Crippen molar-refractivity contribution in [1.82, 2.24) is 0 Å². The number of ketones is 2. The molecule has 0 radical (unpaired) electrons. The molecule has 2 aliphatic rings. The quantitative estimate of drug-likeness (QED) is 0.308. The Hall–Kier alpha value is -3.48. The highest BCUT2D eigenvalue weighted by Gasteiger charge is 2.24. The monoisotopic (exact) mass is 512 g/mol. The van der Waals surface area contributed by atoms with Crippen LogP contribution in [0.3, 0.4) is 0 Å². The molecular weight excluding hydrogens is 488 g/mol. The van der Waals surface area contributed by atoms with Crippen LogP contribution in [0.2, 0.25) is 0 Å². The Labute approximate surface area is 215 Å². The van der Waals surface area contributed by atoms with E-state index in [1.807, 2.05) is 30.3 Å². The molecule has 0 saturated carbocycles. The van der Waals surface area contributed by atoms with Gasteiger partial charge in [-0.3, -0.25) is 9.59 Å². The number of sulfone groups is 1. The van der Waals surface area contributed by atoms with Gasteiger partial charge in [0.25, 0.3) is 0 Å². The molecule has 4 aromatic carbocycles. The third-order valence-electron chi connectivity index (χ3n) is 6.34. The van der Waals surface area contributed by atoms with E-state index in [2.05, 4.69) is 18.2 Å². The minimum Gasteiger partial charge on any atom is -0.294 e. The number of fused-ring (bicyclic) bond motifs is 2. The average molecular weight is 513 g/mol. The summed E-state index contributed by atoms with van der Waals surface area (Å²) in [6.07, 6.45) is 2.68. The van der Waals surface area contributed by atoms with Gasteiger partial charge in [-0.25, -0.2) is 8.42 Å². The van der Waals surface area contributed by atoms with Crippen LogP contribution in [-0.4, -0.2) is 20.0 Å². The number of Topliss-reactive ketones (excluding diaryl/α,β-unsaturated/α-hetero) is 2. The predicted molar refractivity (Wildman–Crippen MR) is 141 cm³/mol. The zero-order chi connectivity index (χ0) is 25.1. The highest BCUT2D eigenvalue weighted by Crippen LogP contribution is 2.32. The van der Waals surface area contributed by atoms with Gasteiger partial charge in [-0.1, -0.05) is 54.2 Å². The van der Waals surface area contributed by atoms with Crippen LogP contribution in [0.4, 0.5) is 0 Å². The van der Waals surface area contributed by atoms with Crippen molar-refractivity contribution < 1.29 is 18.0 Å². The van der Waals surface area contributed by atoms with Crippen molar-refractivity contribution in [3.63, 3.8) is 0 Å². The van der Waals surface area contributed by atoms with Gasteiger partial charge >= 0.3 is 0 Å². The standard InChI is InChI=1S/C15H12O3S.C15H12OS/c16-15-9-6-11-10-13(7-8-14(11)15)19(17,18)12-4-2-1-3-5-12;16-15-9-6-11-10-13(7-8-14(11)15)17-12-4-2-1-3-5-12/h1-5,7-8,10H,6,9H2;1-5,7-8,10H,6,9H2. The largest absolute Gasteiger partial charge is 0.294 e. The molecule has 0 aromatic heterocycles. The van der Waals surface area contributed by atoms with Crippen molar-refractivity contribution in [2.24, 2.45) is 0 Å². The minimum absolute atomic E-state index is 0.0960. The lowest BCUT2D eigenvalue weighted by molar-refractivity contribution is 0.0986. The van der Waals surface area contributed by atoms with Gasteiger partial charge in [0.2, 0.25) is 9.84 Å². The summed E-state index contributed by atoms with van der Waals surface area (Å²) < 4.78 is 24.9. The molecule has 0 atom stereocenters. The second kappa shape index (κ2) is 10.2. The van der Waals surface area contributed by atoms with Crippen molar-refractivity contribution >= 4 is 33.2 Å². The third-order valence-corrected chi connectivity index (χ3v) is 9.10. The first-order valence-corrected chi connectivity index (χ1v) is 14.1. The predicted octanol–water partition coefficient (Wildman–Crippen LogP) is 6.62. The lowest BCUT2D eigenvalue weighted by atomic mass is 10.1. The van der Waals surface area contributed by atoms with Crippen LogP contribution in [-0.2, 0) is 22.7 Å². The van der Waals surface area contributed by atoms with Crippen molar-refractivity contribution in [2.45, 2.75) is 45.3 Å². The fraction of sp³-hybridized carbons (Fsp3) is 0.133. The van der Waals surface area contributed by atoms with Crippen LogP contribution >= 0.6 is 11.8 Å². The summed E-state index contributed by atoms with van der Waals surface area (Å²) in [5.41, 5.74) is 3.62. The lowest BCUT2D eigenvalue weighted by Gasteiger charge is -2.06. The van der Waals surface area contributed by atoms with Gasteiger partial charge in [0, 0.05) is 33.8 Å². The van der Waals surface area contributed by atoms with Crippen LogP contribution < -0.4 is 0 Å². The Morgan fingerprint density at radius 3 is 1.72 bits per heavy atom. The Morgan fingerprint density at radius 2 is 1.08 bits per heavy atom. The van der Waals surface area contributed by atoms with Crippen LogP contribution in [0.5, 0.6) is 0 Å². The highest BCUT2D eigenvalue weighted by molar-refractivity contribution is 7.99. The molecule has 0 N–H and O–H groups in total. The zero-order valence-electron chi connectivity index (χ0n) is 19.5. The van der Waals surface area contributed by atoms with Gasteiger partial charge in [0.1, 0.15) is 0 Å². The van der Waals surface area contributed by atoms with Gasteiger partial charge in [0.15, 0.2) is 11.6 Å². The molecule has 0 spiro atoms. The van der Waals surface area contributed by atoms with Crippen molar-refractivity contribution in [3.8, 4) is 0 Å². The first-order valence-electron chi connectivity index (χ1n) is 11.8. The van der Waals surface area contributed by atoms with E-state index < -0.39 is 9.84 Å². The molecule has 0 saturated heterocycles. The van der Waals surface area contributed by atoms with Gasteiger partial charge in [-0.15, -0.1) is 0 Å². The summed E-state index contributed by atoms with van der Waals surface area (Å²) >= 11 is 1.74. The SMILES string of the molecule is O=C1CCc2cc(S(=O)(=O)c3ccccc3)ccc21.O=C1CCc2cc(Sc3ccccc3)ccc21. The molecule has 2 aliphatic carbocycles. The Kier molecular flexibility index (Phi) is 6.90. The van der Waals surface area contributed by atoms with Crippen LogP contribution in [0.1, 0.15) is 44.7 Å². The molecule has 0 heterocycles. The van der Waals surface area contributed by atoms with Crippen LogP contribution in [0.15, 0.2) is 117 Å². The molecule has 4 nitrogen and oxygen atoms in total. The first kappa shape index (κ1) is 24.2. The van der Waals surface area contributed by atoms with Crippen LogP contribution in [0, 0.1) is 0 Å². The molecule has 180 valence electrons. The van der Waals surface area contributed by atoms with Gasteiger partial charge in [0.05, 0.1) is 9.79 Å². The Balaban J connectivity index is 0.000000149. The zero-order valence-corrected chi connectivity index (χ0v) is 21.1. The van der Waals surface area contributed by atoms with E-state index in [-0.39, 0.29) is 21.4 Å². The first-order chi connectivity index (χ1) is 17.4. The summed E-state index contributed by atoms with van der Waals surface area (Å²) in [6, 6.07) is 29.6. The summed E-state index contributed by atoms with van der Waals surface area (Å²) in [4.78, 5) is 26.1. The molecular formula is C30H24O4S2. The van der Waals surface area contributed by atoms with Gasteiger partial charge in [-0.2, -0.15) is 0 Å². The van der Waals surface area contributed by atoms with Crippen molar-refractivity contribution in [2.75, 3.05) is 0 Å². The van der Waals surface area contributed by atoms with E-state index in [1.54, 1.807) is 54.2 Å². The van der Waals surface area contributed by atoms with Gasteiger partial charge in [-0.05, 0) is 78.6 Å². The summed E-state index contributed by atoms with van der Waals surface area (Å²) in [5, 5.41) is 0. The maximum atomic E-state index is 12.4. The molecule has 36 heavy (non-hydrogen) atoms. The average Bonchev–Trinajstić information content (AvgIpc) is 3.47. The molecule has 0 fully saturated rings. The normalized spacial score (nSPS) is 14.1. The summed E-state index contributed by atoms with van der Waals surface area (Å²) in [7, 11) is -3.49. The topological polar surface area (TPSA) is 68.3 Å². The van der Waals surface area contributed by atoms with E-state index in [4.69, 9.17) is 0 Å². The lowest BCUT2D eigenvalue weighted by Crippen LogP contribution is -2.03. The second-order valence-corrected chi connectivity index (χ2v) is 11.8. The fourth-order valence-corrected chi connectivity index (χ4v) is 6.69. The molecule has 4 aromatic rings. The molecule has 6 rings (SSSR count). The number of carbonyl (C=O) groups is 2. The van der Waals surface area contributed by atoms with E-state index in [1.165, 1.54) is 21.4 Å². The van der Waals surface area contributed by atoms with Gasteiger partial charge < -0.3 is 0 Å². The van der Waals surface area contributed by atoms with E-state index in [9.17, 15) is 18.0 Å².